The molecule has 1 amide bonds. The van der Waals surface area contributed by atoms with Gasteiger partial charge < -0.3 is 10.4 Å². The highest BCUT2D eigenvalue weighted by molar-refractivity contribution is 5.78. The van der Waals surface area contributed by atoms with Gasteiger partial charge in [-0.1, -0.05) is 20.8 Å². The molecule has 1 aliphatic carbocycles. The maximum Gasteiger partial charge on any atom is 0.223 e. The molecule has 0 atom stereocenters. The first-order valence-corrected chi connectivity index (χ1v) is 6.83. The summed E-state index contributed by atoms with van der Waals surface area (Å²) in [4.78, 5) is 12.0. The van der Waals surface area contributed by atoms with Gasteiger partial charge in [-0.05, 0) is 43.4 Å². The lowest BCUT2D eigenvalue weighted by Crippen LogP contribution is -2.39. The smallest absolute Gasteiger partial charge is 0.223 e. The van der Waals surface area contributed by atoms with Gasteiger partial charge >= 0.3 is 0 Å². The SMILES string of the molecule is CC1CCC(C(=O)NCC(C)(C)CCO)CC1. The van der Waals surface area contributed by atoms with E-state index in [1.807, 2.05) is 0 Å². The third kappa shape index (κ3) is 5.07. The van der Waals surface area contributed by atoms with Crippen LogP contribution in [0.25, 0.3) is 0 Å². The molecule has 1 fully saturated rings. The first-order chi connectivity index (χ1) is 7.94. The molecular weight excluding hydrogens is 214 g/mol. The topological polar surface area (TPSA) is 49.3 Å². The fourth-order valence-electron chi connectivity index (χ4n) is 2.38. The van der Waals surface area contributed by atoms with E-state index in [4.69, 9.17) is 5.11 Å². The number of aliphatic hydroxyl groups is 1. The molecule has 17 heavy (non-hydrogen) atoms. The van der Waals surface area contributed by atoms with Crippen LogP contribution >= 0.6 is 0 Å². The van der Waals surface area contributed by atoms with Crippen LogP contribution in [0.2, 0.25) is 0 Å². The van der Waals surface area contributed by atoms with Gasteiger partial charge in [-0.25, -0.2) is 0 Å². The van der Waals surface area contributed by atoms with Crippen LogP contribution in [-0.2, 0) is 4.79 Å². The third-order valence-corrected chi connectivity index (χ3v) is 3.92. The van der Waals surface area contributed by atoms with Crippen molar-refractivity contribution in [1.29, 1.82) is 0 Å². The van der Waals surface area contributed by atoms with Crippen molar-refractivity contribution < 1.29 is 9.90 Å². The second kappa shape index (κ2) is 6.39. The van der Waals surface area contributed by atoms with Crippen molar-refractivity contribution in [1.82, 2.24) is 5.32 Å². The number of carbonyl (C=O) groups is 1. The molecule has 0 unspecified atom stereocenters. The van der Waals surface area contributed by atoms with Crippen LogP contribution in [0.15, 0.2) is 0 Å². The van der Waals surface area contributed by atoms with Crippen LogP contribution in [0.5, 0.6) is 0 Å². The summed E-state index contributed by atoms with van der Waals surface area (Å²) in [5.41, 5.74) is -0.00757. The molecule has 3 nitrogen and oxygen atoms in total. The molecule has 2 N–H and O–H groups in total. The predicted octanol–water partition coefficient (Wildman–Crippen LogP) is 2.34. The maximum absolute atomic E-state index is 12.0. The third-order valence-electron chi connectivity index (χ3n) is 3.92. The average Bonchev–Trinajstić information content (AvgIpc) is 2.27. The van der Waals surface area contributed by atoms with Crippen LogP contribution in [0, 0.1) is 17.3 Å². The Hall–Kier alpha value is -0.570. The minimum atomic E-state index is -0.00757. The summed E-state index contributed by atoms with van der Waals surface area (Å²) in [6.07, 6.45) is 5.16. The van der Waals surface area contributed by atoms with Crippen molar-refractivity contribution in [2.24, 2.45) is 17.3 Å². The van der Waals surface area contributed by atoms with E-state index in [9.17, 15) is 4.79 Å². The molecule has 0 aromatic carbocycles. The van der Waals surface area contributed by atoms with E-state index in [1.165, 1.54) is 12.8 Å². The van der Waals surface area contributed by atoms with E-state index >= 15 is 0 Å². The largest absolute Gasteiger partial charge is 0.396 e. The Balaban J connectivity index is 2.29. The summed E-state index contributed by atoms with van der Waals surface area (Å²) in [6, 6.07) is 0. The first-order valence-electron chi connectivity index (χ1n) is 6.83. The van der Waals surface area contributed by atoms with Crippen molar-refractivity contribution in [3.8, 4) is 0 Å². The number of aliphatic hydroxyl groups excluding tert-OH is 1. The van der Waals surface area contributed by atoms with Crippen molar-refractivity contribution >= 4 is 5.91 Å². The lowest BCUT2D eigenvalue weighted by atomic mass is 9.82. The second-order valence-corrected chi connectivity index (χ2v) is 6.31. The zero-order chi connectivity index (χ0) is 12.9. The van der Waals surface area contributed by atoms with Crippen molar-refractivity contribution in [2.75, 3.05) is 13.2 Å². The number of hydrogen-bond donors (Lipinski definition) is 2. The average molecular weight is 241 g/mol. The van der Waals surface area contributed by atoms with E-state index in [1.54, 1.807) is 0 Å². The number of nitrogens with one attached hydrogen (secondary N) is 1. The summed E-state index contributed by atoms with van der Waals surface area (Å²) in [5, 5.41) is 12.0. The quantitative estimate of drug-likeness (QED) is 0.776. The Morgan fingerprint density at radius 3 is 2.41 bits per heavy atom. The number of hydrogen-bond acceptors (Lipinski definition) is 2. The van der Waals surface area contributed by atoms with Gasteiger partial charge in [0.1, 0.15) is 0 Å². The highest BCUT2D eigenvalue weighted by Gasteiger charge is 2.25. The zero-order valence-corrected chi connectivity index (χ0v) is 11.5. The number of rotatable bonds is 5. The molecular formula is C14H27NO2. The van der Waals surface area contributed by atoms with Gasteiger partial charge in [-0.2, -0.15) is 0 Å². The molecule has 1 aliphatic rings. The Kier molecular flexibility index (Phi) is 5.44. The van der Waals surface area contributed by atoms with Crippen molar-refractivity contribution in [2.45, 2.75) is 52.9 Å². The standard InChI is InChI=1S/C14H27NO2/c1-11-4-6-12(7-5-11)13(17)15-10-14(2,3)8-9-16/h11-12,16H,4-10H2,1-3H3,(H,15,17). The van der Waals surface area contributed by atoms with Crippen molar-refractivity contribution in [3.05, 3.63) is 0 Å². The van der Waals surface area contributed by atoms with E-state index in [-0.39, 0.29) is 23.8 Å². The second-order valence-electron chi connectivity index (χ2n) is 6.31. The molecule has 100 valence electrons. The highest BCUT2D eigenvalue weighted by atomic mass is 16.3. The van der Waals surface area contributed by atoms with Gasteiger partial charge in [0.2, 0.25) is 5.91 Å². The fourth-order valence-corrected chi connectivity index (χ4v) is 2.38. The molecule has 0 radical (unpaired) electrons. The molecule has 0 bridgehead atoms. The van der Waals surface area contributed by atoms with Crippen LogP contribution in [0.3, 0.4) is 0 Å². The normalized spacial score (nSPS) is 25.6. The monoisotopic (exact) mass is 241 g/mol. The molecule has 1 rings (SSSR count). The van der Waals surface area contributed by atoms with Crippen LogP contribution in [-0.4, -0.2) is 24.2 Å². The Bertz CT molecular complexity index is 243. The molecule has 0 aromatic rings. The maximum atomic E-state index is 12.0. The van der Waals surface area contributed by atoms with Gasteiger partial charge in [0.05, 0.1) is 0 Å². The number of amides is 1. The molecule has 1 saturated carbocycles. The van der Waals surface area contributed by atoms with Gasteiger partial charge in [0.25, 0.3) is 0 Å². The molecule has 0 heterocycles. The summed E-state index contributed by atoms with van der Waals surface area (Å²) in [6.45, 7) is 7.26. The summed E-state index contributed by atoms with van der Waals surface area (Å²) in [7, 11) is 0. The van der Waals surface area contributed by atoms with Crippen LogP contribution < -0.4 is 5.32 Å². The van der Waals surface area contributed by atoms with E-state index in [2.05, 4.69) is 26.1 Å². The summed E-state index contributed by atoms with van der Waals surface area (Å²) >= 11 is 0. The van der Waals surface area contributed by atoms with Gasteiger partial charge in [0.15, 0.2) is 0 Å². The Labute approximate surface area is 105 Å². The van der Waals surface area contributed by atoms with Gasteiger partial charge in [-0.15, -0.1) is 0 Å². The van der Waals surface area contributed by atoms with Gasteiger partial charge in [-0.3, -0.25) is 4.79 Å². The summed E-state index contributed by atoms with van der Waals surface area (Å²) < 4.78 is 0. The molecule has 0 spiro atoms. The van der Waals surface area contributed by atoms with Gasteiger partial charge in [0, 0.05) is 19.1 Å². The zero-order valence-electron chi connectivity index (χ0n) is 11.5. The first kappa shape index (κ1) is 14.5. The molecule has 0 aliphatic heterocycles. The van der Waals surface area contributed by atoms with E-state index in [0.717, 1.165) is 25.2 Å². The Morgan fingerprint density at radius 2 is 1.88 bits per heavy atom. The number of carbonyl (C=O) groups excluding carboxylic acids is 1. The highest BCUT2D eigenvalue weighted by Crippen LogP contribution is 2.28. The lowest BCUT2D eigenvalue weighted by molar-refractivity contribution is -0.126. The minimum Gasteiger partial charge on any atom is -0.396 e. The van der Waals surface area contributed by atoms with Crippen LogP contribution in [0.4, 0.5) is 0 Å². The molecule has 0 saturated heterocycles. The fraction of sp³-hybridized carbons (Fsp3) is 0.929. The lowest BCUT2D eigenvalue weighted by Gasteiger charge is -2.28. The van der Waals surface area contributed by atoms with E-state index in [0.29, 0.717) is 6.54 Å². The van der Waals surface area contributed by atoms with Crippen molar-refractivity contribution in [3.63, 3.8) is 0 Å². The molecule has 3 heteroatoms. The Morgan fingerprint density at radius 1 is 1.29 bits per heavy atom. The predicted molar refractivity (Wildman–Crippen MR) is 69.6 cm³/mol. The van der Waals surface area contributed by atoms with E-state index < -0.39 is 0 Å². The summed E-state index contributed by atoms with van der Waals surface area (Å²) in [5.74, 6) is 1.21. The van der Waals surface area contributed by atoms with Crippen LogP contribution in [0.1, 0.15) is 52.9 Å². The minimum absolute atomic E-state index is 0.00757. The molecule has 0 aromatic heterocycles.